The molecule has 0 atom stereocenters. The van der Waals surface area contributed by atoms with Gasteiger partial charge < -0.3 is 9.67 Å². The lowest BCUT2D eigenvalue weighted by Gasteiger charge is -2.12. The van der Waals surface area contributed by atoms with Gasteiger partial charge in [0.25, 0.3) is 0 Å². The van der Waals surface area contributed by atoms with Crippen LogP contribution in [0, 0.1) is 13.8 Å². The molecule has 2 aromatic heterocycles. The van der Waals surface area contributed by atoms with Crippen LogP contribution in [0.5, 0.6) is 5.75 Å². The number of aromatic hydroxyl groups is 1. The Morgan fingerprint density at radius 2 is 1.96 bits per heavy atom. The van der Waals surface area contributed by atoms with E-state index in [2.05, 4.69) is 60.7 Å². The van der Waals surface area contributed by atoms with Crippen LogP contribution in [-0.2, 0) is 25.8 Å². The summed E-state index contributed by atoms with van der Waals surface area (Å²) in [5.41, 5.74) is 7.22. The van der Waals surface area contributed by atoms with Gasteiger partial charge in [0.1, 0.15) is 5.75 Å². The summed E-state index contributed by atoms with van der Waals surface area (Å²) in [5, 5.41) is 11.6. The highest BCUT2D eigenvalue weighted by atomic mass is 16.3. The molecule has 0 aliphatic heterocycles. The molecule has 142 valence electrons. The Labute approximate surface area is 162 Å². The van der Waals surface area contributed by atoms with E-state index in [-0.39, 0.29) is 0 Å². The maximum Gasteiger partial charge on any atom is 0.122 e. The molecule has 0 saturated carbocycles. The lowest BCUT2D eigenvalue weighted by atomic mass is 10.0. The smallest absolute Gasteiger partial charge is 0.122 e. The van der Waals surface area contributed by atoms with Crippen molar-refractivity contribution in [1.82, 2.24) is 9.55 Å². The first-order valence-electron chi connectivity index (χ1n) is 9.91. The fraction of sp³-hybridized carbons (Fsp3) is 0.375. The first-order chi connectivity index (χ1) is 13.0. The molecular weight excluding hydrogens is 332 g/mol. The molecule has 0 amide bonds. The molecule has 2 heterocycles. The molecule has 1 aromatic carbocycles. The van der Waals surface area contributed by atoms with Gasteiger partial charge in [-0.05, 0) is 57.7 Å². The molecule has 0 unspecified atom stereocenters. The number of rotatable bonds is 7. The number of aryl methyl sites for hydroxylation is 4. The van der Waals surface area contributed by atoms with Crippen molar-refractivity contribution in [2.75, 3.05) is 0 Å². The Balaban J connectivity index is 2.05. The van der Waals surface area contributed by atoms with Gasteiger partial charge in [-0.3, -0.25) is 4.98 Å². The van der Waals surface area contributed by atoms with Crippen molar-refractivity contribution >= 4 is 10.9 Å². The van der Waals surface area contributed by atoms with E-state index in [1.807, 2.05) is 6.92 Å². The van der Waals surface area contributed by atoms with E-state index in [1.165, 1.54) is 27.7 Å². The van der Waals surface area contributed by atoms with E-state index < -0.39 is 0 Å². The third-order valence-electron chi connectivity index (χ3n) is 5.19. The Morgan fingerprint density at radius 3 is 2.67 bits per heavy atom. The van der Waals surface area contributed by atoms with Crippen LogP contribution in [0.15, 0.2) is 42.6 Å². The highest BCUT2D eigenvalue weighted by Crippen LogP contribution is 2.30. The van der Waals surface area contributed by atoms with Gasteiger partial charge in [0, 0.05) is 46.7 Å². The fourth-order valence-corrected chi connectivity index (χ4v) is 3.83. The number of hydrogen-bond donors (Lipinski definition) is 1. The number of allylic oxidation sites excluding steroid dienone is 2. The summed E-state index contributed by atoms with van der Waals surface area (Å²) in [6.45, 7) is 9.23. The summed E-state index contributed by atoms with van der Waals surface area (Å²) in [7, 11) is 0. The molecule has 0 radical (unpaired) electrons. The number of hydrogen-bond acceptors (Lipinski definition) is 2. The maximum absolute atomic E-state index is 10.3. The van der Waals surface area contributed by atoms with Crippen LogP contribution in [0.1, 0.15) is 48.3 Å². The summed E-state index contributed by atoms with van der Waals surface area (Å²) in [6, 6.07) is 8.50. The van der Waals surface area contributed by atoms with Gasteiger partial charge in [-0.25, -0.2) is 0 Å². The van der Waals surface area contributed by atoms with E-state index in [1.54, 1.807) is 12.3 Å². The molecule has 1 N–H and O–H groups in total. The first-order valence-corrected chi connectivity index (χ1v) is 9.91. The monoisotopic (exact) mass is 362 g/mol. The second-order valence-electron chi connectivity index (χ2n) is 7.33. The Kier molecular flexibility index (Phi) is 6.00. The zero-order valence-corrected chi connectivity index (χ0v) is 16.9. The molecule has 0 bridgehead atoms. The normalized spacial score (nSPS) is 11.7. The number of fused-ring (bicyclic) bond motifs is 1. The van der Waals surface area contributed by atoms with E-state index in [9.17, 15) is 5.11 Å². The van der Waals surface area contributed by atoms with Crippen molar-refractivity contribution < 1.29 is 5.11 Å². The summed E-state index contributed by atoms with van der Waals surface area (Å²) >= 11 is 0. The second kappa shape index (κ2) is 8.43. The highest BCUT2D eigenvalue weighted by molar-refractivity contribution is 5.86. The van der Waals surface area contributed by atoms with Crippen LogP contribution in [-0.4, -0.2) is 14.7 Å². The van der Waals surface area contributed by atoms with Crippen molar-refractivity contribution in [1.29, 1.82) is 0 Å². The predicted octanol–water partition coefficient (Wildman–Crippen LogP) is 5.67. The largest absolute Gasteiger partial charge is 0.508 e. The summed E-state index contributed by atoms with van der Waals surface area (Å²) in [4.78, 5) is 4.35. The summed E-state index contributed by atoms with van der Waals surface area (Å²) in [5.74, 6) is 0.348. The Morgan fingerprint density at radius 1 is 1.15 bits per heavy atom. The summed E-state index contributed by atoms with van der Waals surface area (Å²) in [6.07, 6.45) is 10.1. The first kappa shape index (κ1) is 19.2. The molecule has 3 aromatic rings. The SMILES string of the molecule is C/C=C\Cc1c(CCC)n(CCc2cnc(C)cc2O)c2ccc(C)cc12. The van der Waals surface area contributed by atoms with Gasteiger partial charge >= 0.3 is 0 Å². The van der Waals surface area contributed by atoms with Crippen LogP contribution >= 0.6 is 0 Å². The number of benzene rings is 1. The third-order valence-corrected chi connectivity index (χ3v) is 5.19. The Hall–Kier alpha value is -2.55. The maximum atomic E-state index is 10.3. The van der Waals surface area contributed by atoms with E-state index in [0.29, 0.717) is 5.75 Å². The van der Waals surface area contributed by atoms with E-state index >= 15 is 0 Å². The molecule has 3 rings (SSSR count). The van der Waals surface area contributed by atoms with Crippen molar-refractivity contribution in [3.8, 4) is 5.75 Å². The van der Waals surface area contributed by atoms with Crippen LogP contribution in [0.3, 0.4) is 0 Å². The molecular formula is C24H30N2O. The summed E-state index contributed by atoms with van der Waals surface area (Å²) < 4.78 is 2.45. The van der Waals surface area contributed by atoms with Crippen LogP contribution in [0.25, 0.3) is 10.9 Å². The lowest BCUT2D eigenvalue weighted by molar-refractivity contribution is 0.464. The van der Waals surface area contributed by atoms with Crippen molar-refractivity contribution in [3.63, 3.8) is 0 Å². The topological polar surface area (TPSA) is 38.0 Å². The highest BCUT2D eigenvalue weighted by Gasteiger charge is 2.16. The van der Waals surface area contributed by atoms with Gasteiger partial charge in [0.15, 0.2) is 0 Å². The quantitative estimate of drug-likeness (QED) is 0.550. The van der Waals surface area contributed by atoms with Crippen molar-refractivity contribution in [3.05, 3.63) is 70.7 Å². The Bertz CT molecular complexity index is 966. The minimum atomic E-state index is 0.348. The molecule has 0 saturated heterocycles. The van der Waals surface area contributed by atoms with Crippen LogP contribution in [0.4, 0.5) is 0 Å². The van der Waals surface area contributed by atoms with Crippen molar-refractivity contribution in [2.45, 2.75) is 59.9 Å². The number of aromatic nitrogens is 2. The average Bonchev–Trinajstić information content (AvgIpc) is 2.91. The zero-order chi connectivity index (χ0) is 19.4. The van der Waals surface area contributed by atoms with Crippen LogP contribution in [0.2, 0.25) is 0 Å². The lowest BCUT2D eigenvalue weighted by Crippen LogP contribution is -2.07. The standard InChI is InChI=1S/C24H30N2O/c1-5-7-9-20-21-14-17(3)10-11-23(21)26(22(20)8-6-2)13-12-19-16-25-18(4)15-24(19)27/h5,7,10-11,14-16H,6,8-9,12-13H2,1-4H3,(H,25,27)/b7-5-. The number of nitrogens with zero attached hydrogens (tertiary/aromatic N) is 2. The van der Waals surface area contributed by atoms with E-state index in [0.717, 1.165) is 43.5 Å². The molecule has 3 nitrogen and oxygen atoms in total. The minimum Gasteiger partial charge on any atom is -0.508 e. The van der Waals surface area contributed by atoms with Gasteiger partial charge in [-0.2, -0.15) is 0 Å². The van der Waals surface area contributed by atoms with Gasteiger partial charge in [0.05, 0.1) is 0 Å². The van der Waals surface area contributed by atoms with E-state index in [4.69, 9.17) is 0 Å². The second-order valence-corrected chi connectivity index (χ2v) is 7.33. The fourth-order valence-electron chi connectivity index (χ4n) is 3.83. The zero-order valence-electron chi connectivity index (χ0n) is 16.9. The molecule has 0 spiro atoms. The average molecular weight is 363 g/mol. The molecule has 0 aliphatic rings. The molecule has 0 fully saturated rings. The van der Waals surface area contributed by atoms with Gasteiger partial charge in [0.2, 0.25) is 0 Å². The predicted molar refractivity (Wildman–Crippen MR) is 114 cm³/mol. The minimum absolute atomic E-state index is 0.348. The van der Waals surface area contributed by atoms with Gasteiger partial charge in [-0.1, -0.05) is 37.1 Å². The molecule has 3 heteroatoms. The third kappa shape index (κ3) is 4.08. The number of pyridine rings is 1. The van der Waals surface area contributed by atoms with Crippen molar-refractivity contribution in [2.24, 2.45) is 0 Å². The molecule has 27 heavy (non-hydrogen) atoms. The molecule has 0 aliphatic carbocycles. The van der Waals surface area contributed by atoms with Gasteiger partial charge in [-0.15, -0.1) is 0 Å². The van der Waals surface area contributed by atoms with Crippen LogP contribution < -0.4 is 0 Å².